The average Bonchev–Trinajstić information content (AvgIpc) is 3.10. The minimum atomic E-state index is -3.67. The maximum absolute atomic E-state index is 12.9. The van der Waals surface area contributed by atoms with Crippen LogP contribution in [0.1, 0.15) is 31.1 Å². The van der Waals surface area contributed by atoms with E-state index in [1.807, 2.05) is 24.3 Å². The molecule has 1 unspecified atom stereocenters. The van der Waals surface area contributed by atoms with Crippen molar-refractivity contribution in [3.63, 3.8) is 0 Å². The Hall–Kier alpha value is -2.74. The van der Waals surface area contributed by atoms with Gasteiger partial charge in [-0.05, 0) is 43.5 Å². The average molecular weight is 401 g/mol. The number of nitrogens with zero attached hydrogens (tertiary/aromatic N) is 2. The first-order chi connectivity index (χ1) is 13.5. The van der Waals surface area contributed by atoms with Crippen molar-refractivity contribution in [3.05, 3.63) is 54.4 Å². The zero-order valence-electron chi connectivity index (χ0n) is 15.1. The lowest BCUT2D eigenvalue weighted by molar-refractivity contribution is -0.117. The molecule has 1 atom stereocenters. The lowest BCUT2D eigenvalue weighted by Gasteiger charge is -2.35. The number of benzene rings is 2. The summed E-state index contributed by atoms with van der Waals surface area (Å²) in [6.07, 6.45) is 1.40. The molecule has 0 bridgehead atoms. The van der Waals surface area contributed by atoms with Gasteiger partial charge >= 0.3 is 0 Å². The van der Waals surface area contributed by atoms with E-state index in [1.165, 1.54) is 11.0 Å². The third kappa shape index (κ3) is 3.28. The molecule has 28 heavy (non-hydrogen) atoms. The topological polar surface area (TPSA) is 83.1 Å². The molecule has 146 valence electrons. The number of alkyl halides is 1. The van der Waals surface area contributed by atoms with Gasteiger partial charge in [0.2, 0.25) is 5.91 Å². The van der Waals surface area contributed by atoms with Crippen LogP contribution in [0, 0.1) is 0 Å². The molecule has 0 saturated heterocycles. The predicted molar refractivity (Wildman–Crippen MR) is 105 cm³/mol. The third-order valence-electron chi connectivity index (χ3n) is 4.94. The Morgan fingerprint density at radius 3 is 2.64 bits per heavy atom. The van der Waals surface area contributed by atoms with Crippen molar-refractivity contribution in [1.82, 2.24) is 9.97 Å². The molecule has 8 heteroatoms. The van der Waals surface area contributed by atoms with Crippen LogP contribution in [-0.4, -0.2) is 36.7 Å². The number of hydrogen-bond donors (Lipinski definition) is 1. The number of aromatic nitrogens is 2. The van der Waals surface area contributed by atoms with E-state index in [2.05, 4.69) is 9.97 Å². The van der Waals surface area contributed by atoms with Gasteiger partial charge in [-0.25, -0.2) is 13.4 Å². The highest BCUT2D eigenvalue weighted by Crippen LogP contribution is 2.38. The summed E-state index contributed by atoms with van der Waals surface area (Å²) < 4.78 is 37.6. The highest BCUT2D eigenvalue weighted by atomic mass is 32.2. The number of anilines is 1. The van der Waals surface area contributed by atoms with Crippen molar-refractivity contribution in [3.8, 4) is 0 Å². The van der Waals surface area contributed by atoms with Crippen LogP contribution in [0.25, 0.3) is 11.0 Å². The van der Waals surface area contributed by atoms with Crippen molar-refractivity contribution < 1.29 is 17.6 Å². The van der Waals surface area contributed by atoms with Crippen LogP contribution >= 0.6 is 0 Å². The van der Waals surface area contributed by atoms with E-state index in [9.17, 15) is 17.6 Å². The zero-order chi connectivity index (χ0) is 19.7. The number of carbonyl (C=O) groups excluding carboxylic acids is 1. The number of imidazole rings is 1. The summed E-state index contributed by atoms with van der Waals surface area (Å²) in [5.74, 6) is -0.504. The molecule has 1 N–H and O–H groups in total. The van der Waals surface area contributed by atoms with E-state index in [-0.39, 0.29) is 4.90 Å². The summed E-state index contributed by atoms with van der Waals surface area (Å²) >= 11 is 0. The molecule has 6 nitrogen and oxygen atoms in total. The number of carbonyl (C=O) groups is 1. The molecular formula is C20H20FN3O3S. The van der Waals surface area contributed by atoms with Gasteiger partial charge < -0.3 is 4.98 Å². The molecule has 0 fully saturated rings. The molecule has 1 aromatic heterocycles. The number of aromatic amines is 1. The van der Waals surface area contributed by atoms with Gasteiger partial charge in [-0.2, -0.15) is 0 Å². The number of H-pyrrole nitrogens is 1. The molecule has 0 radical (unpaired) electrons. The number of amides is 1. The maximum atomic E-state index is 12.9. The van der Waals surface area contributed by atoms with Gasteiger partial charge in [-0.15, -0.1) is 0 Å². The van der Waals surface area contributed by atoms with Crippen LogP contribution in [0.15, 0.2) is 53.4 Å². The van der Waals surface area contributed by atoms with E-state index >= 15 is 0 Å². The number of nitrogens with one attached hydrogen (secondary N) is 1. The van der Waals surface area contributed by atoms with Crippen LogP contribution in [-0.2, 0) is 14.6 Å². The molecular weight excluding hydrogens is 381 g/mol. The van der Waals surface area contributed by atoms with E-state index < -0.39 is 34.2 Å². The summed E-state index contributed by atoms with van der Waals surface area (Å²) in [5, 5.41) is 0. The second-order valence-corrected chi connectivity index (χ2v) is 8.79. The van der Waals surface area contributed by atoms with Crippen molar-refractivity contribution in [2.24, 2.45) is 0 Å². The van der Waals surface area contributed by atoms with Gasteiger partial charge in [0.15, 0.2) is 9.84 Å². The van der Waals surface area contributed by atoms with E-state index in [0.29, 0.717) is 30.8 Å². The monoisotopic (exact) mass is 401 g/mol. The summed E-state index contributed by atoms with van der Waals surface area (Å²) in [6, 6.07) is 13.5. The van der Waals surface area contributed by atoms with Gasteiger partial charge in [0, 0.05) is 0 Å². The fourth-order valence-electron chi connectivity index (χ4n) is 3.66. The number of unbranched alkanes of at least 4 members (excludes halogenated alkanes) is 1. The van der Waals surface area contributed by atoms with Crippen molar-refractivity contribution in [2.45, 2.75) is 30.2 Å². The fraction of sp³-hybridized carbons (Fsp3) is 0.300. The number of sulfone groups is 1. The Kier molecular flexibility index (Phi) is 4.89. The lowest BCUT2D eigenvalue weighted by atomic mass is 10.1. The van der Waals surface area contributed by atoms with Gasteiger partial charge in [0.25, 0.3) is 0 Å². The molecule has 0 spiro atoms. The first kappa shape index (κ1) is 18.6. The molecule has 1 aliphatic rings. The summed E-state index contributed by atoms with van der Waals surface area (Å²) in [7, 11) is -3.67. The highest BCUT2D eigenvalue weighted by molar-refractivity contribution is 7.92. The number of rotatable bonds is 6. The summed E-state index contributed by atoms with van der Waals surface area (Å²) in [5.41, 5.74) is 1.95. The minimum Gasteiger partial charge on any atom is -0.340 e. The van der Waals surface area contributed by atoms with E-state index in [1.54, 1.807) is 18.2 Å². The molecule has 0 saturated carbocycles. The minimum absolute atomic E-state index is 0.140. The SMILES string of the molecule is O=C1CS(=O)(=O)c2ccccc2N1C(CCCCF)c1nc2ccccc2[nH]1. The normalized spacial score (nSPS) is 16.9. The van der Waals surface area contributed by atoms with Crippen molar-refractivity contribution >= 4 is 32.5 Å². The predicted octanol–water partition coefficient (Wildman–Crippen LogP) is 3.56. The summed E-state index contributed by atoms with van der Waals surface area (Å²) in [4.78, 5) is 22.4. The van der Waals surface area contributed by atoms with E-state index in [0.717, 1.165) is 11.0 Å². The molecule has 4 rings (SSSR count). The third-order valence-corrected chi connectivity index (χ3v) is 6.58. The second kappa shape index (κ2) is 7.35. The highest BCUT2D eigenvalue weighted by Gasteiger charge is 2.39. The molecule has 2 heterocycles. The van der Waals surface area contributed by atoms with Crippen LogP contribution in [0.3, 0.4) is 0 Å². The Bertz CT molecular complexity index is 1090. The molecule has 1 aliphatic heterocycles. The van der Waals surface area contributed by atoms with Gasteiger partial charge in [0.05, 0.1) is 34.3 Å². The Morgan fingerprint density at radius 2 is 1.86 bits per heavy atom. The maximum Gasteiger partial charge on any atom is 0.243 e. The largest absolute Gasteiger partial charge is 0.340 e. The molecule has 2 aromatic carbocycles. The number of fused-ring (bicyclic) bond motifs is 2. The Balaban J connectivity index is 1.82. The van der Waals surface area contributed by atoms with Crippen molar-refractivity contribution in [1.29, 1.82) is 0 Å². The van der Waals surface area contributed by atoms with Crippen LogP contribution in [0.4, 0.5) is 10.1 Å². The van der Waals surface area contributed by atoms with Crippen LogP contribution in [0.2, 0.25) is 0 Å². The van der Waals surface area contributed by atoms with Gasteiger partial charge in [-0.3, -0.25) is 14.1 Å². The zero-order valence-corrected chi connectivity index (χ0v) is 16.0. The Labute approximate surface area is 162 Å². The Morgan fingerprint density at radius 1 is 1.11 bits per heavy atom. The van der Waals surface area contributed by atoms with Gasteiger partial charge in [0.1, 0.15) is 11.6 Å². The second-order valence-electron chi connectivity index (χ2n) is 6.83. The lowest BCUT2D eigenvalue weighted by Crippen LogP contribution is -2.43. The molecule has 1 amide bonds. The molecule has 0 aliphatic carbocycles. The fourth-order valence-corrected chi connectivity index (χ4v) is 5.05. The standard InChI is InChI=1S/C20H20FN3O3S/c21-12-6-5-10-17(20-22-14-7-1-2-8-15(14)23-20)24-16-9-3-4-11-18(16)28(26,27)13-19(24)25/h1-4,7-9,11,17H,5-6,10,12-13H2,(H,22,23). The number of halogens is 1. The first-order valence-corrected chi connectivity index (χ1v) is 10.8. The molecule has 3 aromatic rings. The number of para-hydroxylation sites is 3. The van der Waals surface area contributed by atoms with E-state index in [4.69, 9.17) is 0 Å². The first-order valence-electron chi connectivity index (χ1n) is 9.16. The smallest absolute Gasteiger partial charge is 0.243 e. The quantitative estimate of drug-likeness (QED) is 0.640. The van der Waals surface area contributed by atoms with Crippen molar-refractivity contribution in [2.75, 3.05) is 17.3 Å². The van der Waals surface area contributed by atoms with Crippen LogP contribution < -0.4 is 4.90 Å². The van der Waals surface area contributed by atoms with Crippen LogP contribution in [0.5, 0.6) is 0 Å². The number of hydrogen-bond acceptors (Lipinski definition) is 4. The van der Waals surface area contributed by atoms with Gasteiger partial charge in [-0.1, -0.05) is 24.3 Å². The summed E-state index contributed by atoms with van der Waals surface area (Å²) in [6.45, 7) is -0.439.